The summed E-state index contributed by atoms with van der Waals surface area (Å²) >= 11 is 3.02. The highest BCUT2D eigenvalue weighted by Crippen LogP contribution is 2.37. The van der Waals surface area contributed by atoms with Crippen LogP contribution in [0.2, 0.25) is 0 Å². The Hall–Kier alpha value is -1.63. The third kappa shape index (κ3) is 3.18. The minimum atomic E-state index is -4.53. The number of alkyl halides is 3. The van der Waals surface area contributed by atoms with E-state index in [1.54, 1.807) is 13.8 Å². The molecule has 0 bridgehead atoms. The Morgan fingerprint density at radius 1 is 1.33 bits per heavy atom. The van der Waals surface area contributed by atoms with Crippen LogP contribution in [-0.2, 0) is 12.6 Å². The number of aromatic amines is 1. The largest absolute Gasteiger partial charge is 0.417 e. The van der Waals surface area contributed by atoms with Crippen LogP contribution in [0, 0.1) is 6.92 Å². The summed E-state index contributed by atoms with van der Waals surface area (Å²) in [6, 6.07) is 3.75. The second kappa shape index (κ2) is 5.63. The number of halogens is 4. The van der Waals surface area contributed by atoms with Gasteiger partial charge in [-0.2, -0.15) is 13.2 Å². The van der Waals surface area contributed by atoms with Gasteiger partial charge in [-0.15, -0.1) is 0 Å². The summed E-state index contributed by atoms with van der Waals surface area (Å²) in [5.41, 5.74) is -0.493. The highest BCUT2D eigenvalue weighted by molar-refractivity contribution is 9.10. The molecule has 0 unspecified atom stereocenters. The Balaban J connectivity index is 2.73. The molecule has 0 amide bonds. The lowest BCUT2D eigenvalue weighted by Gasteiger charge is -2.13. The van der Waals surface area contributed by atoms with Gasteiger partial charge in [0.1, 0.15) is 5.82 Å². The average Bonchev–Trinajstić information content (AvgIpc) is 2.40. The maximum atomic E-state index is 13.1. The van der Waals surface area contributed by atoms with Crippen molar-refractivity contribution in [3.63, 3.8) is 0 Å². The number of benzene rings is 1. The molecular weight excluding hydrogens is 349 g/mol. The van der Waals surface area contributed by atoms with Crippen molar-refractivity contribution in [2.45, 2.75) is 26.4 Å². The zero-order valence-corrected chi connectivity index (χ0v) is 12.9. The third-order valence-corrected chi connectivity index (χ3v) is 3.62. The Kier molecular flexibility index (Phi) is 4.22. The van der Waals surface area contributed by atoms with Gasteiger partial charge in [-0.25, -0.2) is 4.98 Å². The normalized spacial score (nSPS) is 11.7. The summed E-state index contributed by atoms with van der Waals surface area (Å²) in [5.74, 6) is -0.0673. The Bertz CT molecular complexity index is 738. The molecule has 0 aliphatic carbocycles. The van der Waals surface area contributed by atoms with Gasteiger partial charge in [0.15, 0.2) is 0 Å². The fourth-order valence-electron chi connectivity index (χ4n) is 2.01. The van der Waals surface area contributed by atoms with E-state index in [0.29, 0.717) is 22.2 Å². The van der Waals surface area contributed by atoms with Crippen LogP contribution in [0.1, 0.15) is 23.7 Å². The van der Waals surface area contributed by atoms with Crippen molar-refractivity contribution in [3.05, 3.63) is 49.8 Å². The van der Waals surface area contributed by atoms with Crippen LogP contribution >= 0.6 is 15.9 Å². The van der Waals surface area contributed by atoms with Crippen molar-refractivity contribution in [2.24, 2.45) is 0 Å². The maximum absolute atomic E-state index is 13.1. The molecule has 0 aliphatic rings. The lowest BCUT2D eigenvalue weighted by atomic mass is 10.1. The van der Waals surface area contributed by atoms with E-state index >= 15 is 0 Å². The summed E-state index contributed by atoms with van der Waals surface area (Å²) in [6.07, 6.45) is -4.06. The molecule has 0 atom stereocenters. The first-order valence-electron chi connectivity index (χ1n) is 6.21. The monoisotopic (exact) mass is 360 g/mol. The van der Waals surface area contributed by atoms with Crippen LogP contribution < -0.4 is 5.56 Å². The van der Waals surface area contributed by atoms with Gasteiger partial charge < -0.3 is 4.98 Å². The molecule has 0 aliphatic heterocycles. The van der Waals surface area contributed by atoms with Gasteiger partial charge in [0.05, 0.1) is 11.3 Å². The highest BCUT2D eigenvalue weighted by atomic mass is 79.9. The van der Waals surface area contributed by atoms with E-state index in [4.69, 9.17) is 0 Å². The minimum absolute atomic E-state index is 0.0673. The second-order valence-electron chi connectivity index (χ2n) is 4.53. The molecule has 2 aromatic rings. The van der Waals surface area contributed by atoms with Crippen LogP contribution in [-0.4, -0.2) is 9.97 Å². The van der Waals surface area contributed by atoms with Crippen LogP contribution in [0.15, 0.2) is 27.5 Å². The van der Waals surface area contributed by atoms with Gasteiger partial charge in [-0.3, -0.25) is 4.79 Å². The Labute approximate surface area is 127 Å². The number of hydrogen-bond acceptors (Lipinski definition) is 2. The molecule has 1 aromatic carbocycles. The van der Waals surface area contributed by atoms with E-state index in [1.165, 1.54) is 12.1 Å². The summed E-state index contributed by atoms with van der Waals surface area (Å²) in [6.45, 7) is 3.39. The third-order valence-electron chi connectivity index (χ3n) is 3.13. The molecule has 0 saturated heterocycles. The van der Waals surface area contributed by atoms with Crippen molar-refractivity contribution < 1.29 is 13.2 Å². The quantitative estimate of drug-likeness (QED) is 0.876. The number of hydrogen-bond donors (Lipinski definition) is 1. The number of aryl methyl sites for hydroxylation is 1. The molecule has 0 fully saturated rings. The molecule has 7 heteroatoms. The number of H-pyrrole nitrogens is 1. The van der Waals surface area contributed by atoms with Crippen LogP contribution in [0.5, 0.6) is 0 Å². The van der Waals surface area contributed by atoms with Crippen molar-refractivity contribution >= 4 is 15.9 Å². The molecule has 21 heavy (non-hydrogen) atoms. The van der Waals surface area contributed by atoms with E-state index in [9.17, 15) is 18.0 Å². The molecule has 1 N–H and O–H groups in total. The average molecular weight is 361 g/mol. The van der Waals surface area contributed by atoms with Gasteiger partial charge in [0.25, 0.3) is 5.56 Å². The van der Waals surface area contributed by atoms with Gasteiger partial charge >= 0.3 is 6.18 Å². The fourth-order valence-corrected chi connectivity index (χ4v) is 2.37. The summed E-state index contributed by atoms with van der Waals surface area (Å²) < 4.78 is 39.7. The molecule has 0 radical (unpaired) electrons. The Morgan fingerprint density at radius 3 is 2.57 bits per heavy atom. The van der Waals surface area contributed by atoms with Crippen molar-refractivity contribution in [1.82, 2.24) is 9.97 Å². The first-order valence-corrected chi connectivity index (χ1v) is 7.00. The number of nitrogens with one attached hydrogen (secondary N) is 1. The summed E-state index contributed by atoms with van der Waals surface area (Å²) in [7, 11) is 0. The van der Waals surface area contributed by atoms with Crippen molar-refractivity contribution in [3.8, 4) is 11.4 Å². The lowest BCUT2D eigenvalue weighted by Crippen LogP contribution is -2.17. The first kappa shape index (κ1) is 15.8. The van der Waals surface area contributed by atoms with E-state index in [-0.39, 0.29) is 11.4 Å². The molecule has 112 valence electrons. The van der Waals surface area contributed by atoms with Gasteiger partial charge in [0, 0.05) is 15.6 Å². The van der Waals surface area contributed by atoms with E-state index in [2.05, 4.69) is 25.9 Å². The summed E-state index contributed by atoms with van der Waals surface area (Å²) in [5, 5.41) is 0. The van der Waals surface area contributed by atoms with E-state index in [0.717, 1.165) is 6.07 Å². The van der Waals surface area contributed by atoms with E-state index in [1.807, 2.05) is 0 Å². The van der Waals surface area contributed by atoms with E-state index < -0.39 is 17.3 Å². The zero-order chi connectivity index (χ0) is 15.8. The first-order chi connectivity index (χ1) is 9.74. The number of nitrogens with zero attached hydrogens (tertiary/aromatic N) is 1. The molecule has 0 spiro atoms. The molecule has 1 heterocycles. The molecule has 2 rings (SSSR count). The smallest absolute Gasteiger partial charge is 0.306 e. The standard InChI is InChI=1S/C14H12BrF3N2O/c1-3-11-7(2)13(21)20-12(19-11)9-5-4-8(15)6-10(9)14(16,17)18/h4-6H,3H2,1-2H3,(H,19,20,21). The minimum Gasteiger partial charge on any atom is -0.306 e. The van der Waals surface area contributed by atoms with Crippen molar-refractivity contribution in [2.75, 3.05) is 0 Å². The van der Waals surface area contributed by atoms with Crippen LogP contribution in [0.3, 0.4) is 0 Å². The molecule has 0 saturated carbocycles. The number of rotatable bonds is 2. The highest BCUT2D eigenvalue weighted by Gasteiger charge is 2.34. The topological polar surface area (TPSA) is 45.8 Å². The predicted molar refractivity (Wildman–Crippen MR) is 77.1 cm³/mol. The fraction of sp³-hybridized carbons (Fsp3) is 0.286. The Morgan fingerprint density at radius 2 is 2.00 bits per heavy atom. The second-order valence-corrected chi connectivity index (χ2v) is 5.44. The van der Waals surface area contributed by atoms with Gasteiger partial charge in [-0.05, 0) is 31.5 Å². The SMILES string of the molecule is CCc1nc(-c2ccc(Br)cc2C(F)(F)F)[nH]c(=O)c1C. The summed E-state index contributed by atoms with van der Waals surface area (Å²) in [4.78, 5) is 18.4. The molecule has 3 nitrogen and oxygen atoms in total. The van der Waals surface area contributed by atoms with Gasteiger partial charge in [0.2, 0.25) is 0 Å². The lowest BCUT2D eigenvalue weighted by molar-refractivity contribution is -0.137. The predicted octanol–water partition coefficient (Wildman–Crippen LogP) is 4.09. The van der Waals surface area contributed by atoms with Crippen molar-refractivity contribution in [1.29, 1.82) is 0 Å². The maximum Gasteiger partial charge on any atom is 0.417 e. The molecular formula is C14H12BrF3N2O. The molecule has 1 aromatic heterocycles. The van der Waals surface area contributed by atoms with Crippen LogP contribution in [0.25, 0.3) is 11.4 Å². The zero-order valence-electron chi connectivity index (χ0n) is 11.3. The van der Waals surface area contributed by atoms with Crippen LogP contribution in [0.4, 0.5) is 13.2 Å². The number of aromatic nitrogens is 2. The van der Waals surface area contributed by atoms with Gasteiger partial charge in [-0.1, -0.05) is 22.9 Å².